The lowest BCUT2D eigenvalue weighted by atomic mass is 9.91. The molecule has 0 aliphatic rings. The predicted molar refractivity (Wildman–Crippen MR) is 159 cm³/mol. The third-order valence-electron chi connectivity index (χ3n) is 6.29. The van der Waals surface area contributed by atoms with Crippen LogP contribution >= 0.6 is 0 Å². The fraction of sp³-hybridized carbons (Fsp3) is 0.364. The molecule has 0 aliphatic heterocycles. The normalized spacial score (nSPS) is 11.8. The van der Waals surface area contributed by atoms with Crippen molar-refractivity contribution < 1.29 is 23.9 Å². The van der Waals surface area contributed by atoms with E-state index in [9.17, 15) is 14.4 Å². The first-order valence-corrected chi connectivity index (χ1v) is 14.0. The lowest BCUT2D eigenvalue weighted by molar-refractivity contribution is -0.123. The number of hydrogen-bond acceptors (Lipinski definition) is 5. The highest BCUT2D eigenvalue weighted by atomic mass is 16.6. The zero-order valence-electron chi connectivity index (χ0n) is 24.1. The maximum absolute atomic E-state index is 13.3. The van der Waals surface area contributed by atoms with Gasteiger partial charge in [0.25, 0.3) is 0 Å². The molecule has 0 unspecified atom stereocenters. The summed E-state index contributed by atoms with van der Waals surface area (Å²) in [5.74, 6) is -0.336. The Kier molecular flexibility index (Phi) is 12.2. The minimum atomic E-state index is -0.790. The molecular weight excluding hydrogens is 518 g/mol. The molecule has 8 heteroatoms. The van der Waals surface area contributed by atoms with Gasteiger partial charge in [0.05, 0.1) is 0 Å². The van der Waals surface area contributed by atoms with Crippen LogP contribution in [0.1, 0.15) is 62.6 Å². The largest absolute Gasteiger partial charge is 0.445 e. The van der Waals surface area contributed by atoms with E-state index >= 15 is 0 Å². The topological polar surface area (TPSA) is 106 Å². The maximum atomic E-state index is 13.3. The van der Waals surface area contributed by atoms with Gasteiger partial charge in [-0.15, -0.1) is 0 Å². The van der Waals surface area contributed by atoms with E-state index in [-0.39, 0.29) is 18.4 Å². The van der Waals surface area contributed by atoms with Crippen LogP contribution < -0.4 is 16.0 Å². The van der Waals surface area contributed by atoms with Gasteiger partial charge in [-0.25, -0.2) is 9.59 Å². The molecule has 3 N–H and O–H groups in total. The van der Waals surface area contributed by atoms with Crippen LogP contribution in [-0.2, 0) is 20.9 Å². The number of unbranched alkanes of at least 4 members (excludes halogenated alkanes) is 1. The molecule has 218 valence electrons. The lowest BCUT2D eigenvalue weighted by Crippen LogP contribution is -2.49. The summed E-state index contributed by atoms with van der Waals surface area (Å²) < 4.78 is 10.6. The molecule has 0 saturated heterocycles. The fourth-order valence-electron chi connectivity index (χ4n) is 4.28. The Bertz CT molecular complexity index is 1170. The highest BCUT2D eigenvalue weighted by molar-refractivity contribution is 5.85. The third kappa shape index (κ3) is 11.7. The monoisotopic (exact) mass is 559 g/mol. The van der Waals surface area contributed by atoms with Crippen molar-refractivity contribution in [3.8, 4) is 0 Å². The molecule has 41 heavy (non-hydrogen) atoms. The van der Waals surface area contributed by atoms with Crippen LogP contribution in [0.15, 0.2) is 91.0 Å². The van der Waals surface area contributed by atoms with Crippen LogP contribution in [0.5, 0.6) is 0 Å². The first kappa shape index (κ1) is 31.2. The van der Waals surface area contributed by atoms with Crippen molar-refractivity contribution in [1.29, 1.82) is 0 Å². The second kappa shape index (κ2) is 16.1. The Morgan fingerprint density at radius 1 is 0.732 bits per heavy atom. The zero-order chi connectivity index (χ0) is 29.5. The van der Waals surface area contributed by atoms with E-state index in [4.69, 9.17) is 9.47 Å². The average Bonchev–Trinajstić information content (AvgIpc) is 2.96. The summed E-state index contributed by atoms with van der Waals surface area (Å²) in [5, 5.41) is 8.50. The van der Waals surface area contributed by atoms with Crippen molar-refractivity contribution >= 4 is 18.1 Å². The van der Waals surface area contributed by atoms with Gasteiger partial charge in [0.1, 0.15) is 18.2 Å². The van der Waals surface area contributed by atoms with Crippen molar-refractivity contribution in [3.05, 3.63) is 108 Å². The summed E-state index contributed by atoms with van der Waals surface area (Å²) in [4.78, 5) is 37.9. The SMILES string of the molecule is CC(C)(C)OC(=O)N[C@@H](CCCCNC(=O)OCc1ccccc1)C(=O)NCC(c1ccccc1)c1ccccc1. The summed E-state index contributed by atoms with van der Waals surface area (Å²) in [6.07, 6.45) is 0.434. The smallest absolute Gasteiger partial charge is 0.408 e. The number of rotatable bonds is 13. The molecule has 0 aromatic heterocycles. The van der Waals surface area contributed by atoms with Crippen molar-refractivity contribution in [2.75, 3.05) is 13.1 Å². The molecule has 8 nitrogen and oxygen atoms in total. The summed E-state index contributed by atoms with van der Waals surface area (Å²) in [6, 6.07) is 28.7. The van der Waals surface area contributed by atoms with Crippen LogP contribution in [0.2, 0.25) is 0 Å². The van der Waals surface area contributed by atoms with Gasteiger partial charge in [0.15, 0.2) is 0 Å². The molecule has 0 bridgehead atoms. The molecular formula is C33H41N3O5. The summed E-state index contributed by atoms with van der Waals surface area (Å²) in [7, 11) is 0. The van der Waals surface area contributed by atoms with Gasteiger partial charge in [-0.05, 0) is 56.7 Å². The highest BCUT2D eigenvalue weighted by Gasteiger charge is 2.25. The number of benzene rings is 3. The van der Waals surface area contributed by atoms with Gasteiger partial charge in [-0.1, -0.05) is 91.0 Å². The van der Waals surface area contributed by atoms with Crippen LogP contribution in [0, 0.1) is 0 Å². The van der Waals surface area contributed by atoms with E-state index in [0.717, 1.165) is 16.7 Å². The third-order valence-corrected chi connectivity index (χ3v) is 6.29. The quantitative estimate of drug-likeness (QED) is 0.225. The molecule has 1 atom stereocenters. The van der Waals surface area contributed by atoms with E-state index in [2.05, 4.69) is 16.0 Å². The maximum Gasteiger partial charge on any atom is 0.408 e. The number of hydrogen-bond donors (Lipinski definition) is 3. The van der Waals surface area contributed by atoms with E-state index in [0.29, 0.717) is 32.4 Å². The van der Waals surface area contributed by atoms with Crippen LogP contribution in [0.25, 0.3) is 0 Å². The van der Waals surface area contributed by atoms with Crippen molar-refractivity contribution in [2.24, 2.45) is 0 Å². The number of carbonyl (C=O) groups excluding carboxylic acids is 3. The molecule has 3 aromatic carbocycles. The van der Waals surface area contributed by atoms with E-state index in [1.54, 1.807) is 20.8 Å². The first-order chi connectivity index (χ1) is 19.7. The van der Waals surface area contributed by atoms with Crippen molar-refractivity contribution in [3.63, 3.8) is 0 Å². The molecule has 0 fully saturated rings. The summed E-state index contributed by atoms with van der Waals surface area (Å²) in [5.41, 5.74) is 2.38. The van der Waals surface area contributed by atoms with Crippen LogP contribution in [-0.4, -0.2) is 42.8 Å². The van der Waals surface area contributed by atoms with Gasteiger partial charge < -0.3 is 25.4 Å². The highest BCUT2D eigenvalue weighted by Crippen LogP contribution is 2.23. The van der Waals surface area contributed by atoms with Crippen LogP contribution in [0.3, 0.4) is 0 Å². The Labute approximate surface area is 242 Å². The average molecular weight is 560 g/mol. The zero-order valence-corrected chi connectivity index (χ0v) is 24.1. The number of nitrogens with one attached hydrogen (secondary N) is 3. The first-order valence-electron chi connectivity index (χ1n) is 14.0. The molecule has 0 radical (unpaired) electrons. The Hall–Kier alpha value is -4.33. The van der Waals surface area contributed by atoms with E-state index in [1.807, 2.05) is 91.0 Å². The van der Waals surface area contributed by atoms with Gasteiger partial charge in [-0.3, -0.25) is 4.79 Å². The minimum Gasteiger partial charge on any atom is -0.445 e. The van der Waals surface area contributed by atoms with Gasteiger partial charge >= 0.3 is 12.2 Å². The number of alkyl carbamates (subject to hydrolysis) is 2. The minimum absolute atomic E-state index is 0.0466. The van der Waals surface area contributed by atoms with Gasteiger partial charge in [0, 0.05) is 19.0 Å². The fourth-order valence-corrected chi connectivity index (χ4v) is 4.28. The Balaban J connectivity index is 1.54. The predicted octanol–water partition coefficient (Wildman–Crippen LogP) is 5.92. The van der Waals surface area contributed by atoms with E-state index < -0.39 is 23.8 Å². The number of ether oxygens (including phenoxy) is 2. The van der Waals surface area contributed by atoms with Crippen LogP contribution in [0.4, 0.5) is 9.59 Å². The van der Waals surface area contributed by atoms with Crippen molar-refractivity contribution in [2.45, 2.75) is 64.2 Å². The Morgan fingerprint density at radius 2 is 1.29 bits per heavy atom. The van der Waals surface area contributed by atoms with Crippen molar-refractivity contribution in [1.82, 2.24) is 16.0 Å². The van der Waals surface area contributed by atoms with Gasteiger partial charge in [-0.2, -0.15) is 0 Å². The summed E-state index contributed by atoms with van der Waals surface area (Å²) >= 11 is 0. The number of carbonyl (C=O) groups is 3. The molecule has 0 saturated carbocycles. The van der Waals surface area contributed by atoms with E-state index in [1.165, 1.54) is 0 Å². The number of amides is 3. The summed E-state index contributed by atoms with van der Waals surface area (Å²) in [6.45, 7) is 6.27. The molecule has 3 rings (SSSR count). The lowest BCUT2D eigenvalue weighted by Gasteiger charge is -2.24. The molecule has 3 aromatic rings. The standard InChI is InChI=1S/C33H41N3O5/c1-33(2,3)41-32(39)36-29(21-13-14-22-34-31(38)40-24-25-15-7-4-8-16-25)30(37)35-23-28(26-17-9-5-10-18-26)27-19-11-6-12-20-27/h4-12,15-20,28-29H,13-14,21-24H2,1-3H3,(H,34,38)(H,35,37)(H,36,39)/t29-/m0/s1. The van der Waals surface area contributed by atoms with Gasteiger partial charge in [0.2, 0.25) is 5.91 Å². The molecule has 0 spiro atoms. The second-order valence-corrected chi connectivity index (χ2v) is 10.8. The molecule has 0 heterocycles. The Morgan fingerprint density at radius 3 is 1.85 bits per heavy atom. The molecule has 3 amide bonds. The molecule has 0 aliphatic carbocycles. The second-order valence-electron chi connectivity index (χ2n) is 10.8.